The summed E-state index contributed by atoms with van der Waals surface area (Å²) in [5.41, 5.74) is 6.41. The van der Waals surface area contributed by atoms with Gasteiger partial charge in [-0.1, -0.05) is 35.4 Å². The molecule has 128 valence electrons. The maximum Gasteiger partial charge on any atom is 0.336 e. The first-order chi connectivity index (χ1) is 11.0. The molecule has 0 bridgehead atoms. The molecule has 0 aromatic heterocycles. The molecule has 0 saturated heterocycles. The molecule has 2 aromatic rings. The van der Waals surface area contributed by atoms with Crippen LogP contribution in [0.4, 0.5) is 0 Å². The summed E-state index contributed by atoms with van der Waals surface area (Å²) in [6.07, 6.45) is 0. The van der Waals surface area contributed by atoms with Crippen molar-refractivity contribution in [2.24, 2.45) is 0 Å². The van der Waals surface area contributed by atoms with Gasteiger partial charge in [0.1, 0.15) is 0 Å². The van der Waals surface area contributed by atoms with Crippen molar-refractivity contribution in [1.29, 1.82) is 0 Å². The lowest BCUT2D eigenvalue weighted by Gasteiger charge is -2.05. The summed E-state index contributed by atoms with van der Waals surface area (Å²) in [5, 5.41) is 17.7. The van der Waals surface area contributed by atoms with E-state index in [1.807, 2.05) is 65.8 Å². The highest BCUT2D eigenvalue weighted by molar-refractivity contribution is 5.91. The summed E-state index contributed by atoms with van der Waals surface area (Å²) in [6, 6.07) is 7.54. The van der Waals surface area contributed by atoms with Gasteiger partial charge < -0.3 is 10.2 Å². The molecular weight excluding hydrogens is 304 g/mol. The second kappa shape index (κ2) is 7.77. The molecule has 4 nitrogen and oxygen atoms in total. The summed E-state index contributed by atoms with van der Waals surface area (Å²) >= 11 is 0. The first-order valence-electron chi connectivity index (χ1n) is 7.66. The van der Waals surface area contributed by atoms with Gasteiger partial charge in [-0.15, -0.1) is 0 Å². The molecule has 0 heterocycles. The Morgan fingerprint density at radius 2 is 0.792 bits per heavy atom. The van der Waals surface area contributed by atoms with E-state index >= 15 is 0 Å². The number of carbonyl (C=O) groups is 2. The number of carboxylic acid groups (broad SMARTS) is 2. The molecule has 24 heavy (non-hydrogen) atoms. The van der Waals surface area contributed by atoms with Crippen LogP contribution in [0, 0.1) is 41.5 Å². The van der Waals surface area contributed by atoms with Crippen LogP contribution in [0.15, 0.2) is 24.3 Å². The van der Waals surface area contributed by atoms with Crippen molar-refractivity contribution in [2.45, 2.75) is 41.5 Å². The maximum absolute atomic E-state index is 10.8. The third-order valence-electron chi connectivity index (χ3n) is 3.78. The fourth-order valence-corrected chi connectivity index (χ4v) is 3.03. The molecule has 0 spiro atoms. The van der Waals surface area contributed by atoms with Gasteiger partial charge in [0.2, 0.25) is 0 Å². The monoisotopic (exact) mass is 328 g/mol. The summed E-state index contributed by atoms with van der Waals surface area (Å²) in [5.74, 6) is -1.69. The van der Waals surface area contributed by atoms with Crippen molar-refractivity contribution in [2.75, 3.05) is 0 Å². The van der Waals surface area contributed by atoms with Crippen LogP contribution in [-0.4, -0.2) is 22.2 Å². The third kappa shape index (κ3) is 4.69. The minimum atomic E-state index is -0.843. The normalized spacial score (nSPS) is 9.92. The zero-order valence-corrected chi connectivity index (χ0v) is 15.0. The van der Waals surface area contributed by atoms with Gasteiger partial charge in [0.15, 0.2) is 0 Å². The van der Waals surface area contributed by atoms with Gasteiger partial charge in [0.25, 0.3) is 0 Å². The second-order valence-electron chi connectivity index (χ2n) is 6.16. The number of carboxylic acids is 2. The van der Waals surface area contributed by atoms with E-state index in [1.165, 1.54) is 0 Å². The van der Waals surface area contributed by atoms with E-state index in [1.54, 1.807) is 0 Å². The van der Waals surface area contributed by atoms with Crippen molar-refractivity contribution in [3.8, 4) is 0 Å². The largest absolute Gasteiger partial charge is 0.478 e. The van der Waals surface area contributed by atoms with Crippen molar-refractivity contribution in [1.82, 2.24) is 0 Å². The zero-order chi connectivity index (χ0) is 18.6. The third-order valence-corrected chi connectivity index (χ3v) is 3.78. The Hall–Kier alpha value is -2.62. The average Bonchev–Trinajstić information content (AvgIpc) is 2.35. The molecule has 0 aliphatic carbocycles. The molecule has 0 fully saturated rings. The van der Waals surface area contributed by atoms with Crippen LogP contribution in [-0.2, 0) is 0 Å². The molecule has 2 N–H and O–H groups in total. The van der Waals surface area contributed by atoms with Gasteiger partial charge >= 0.3 is 11.9 Å². The lowest BCUT2D eigenvalue weighted by Crippen LogP contribution is -2.03. The fraction of sp³-hybridized carbons (Fsp3) is 0.300. The lowest BCUT2D eigenvalue weighted by molar-refractivity contribution is 0.0684. The van der Waals surface area contributed by atoms with Gasteiger partial charge in [-0.05, 0) is 63.8 Å². The van der Waals surface area contributed by atoms with Crippen LogP contribution in [0.3, 0.4) is 0 Å². The highest BCUT2D eigenvalue weighted by atomic mass is 16.4. The van der Waals surface area contributed by atoms with Gasteiger partial charge in [-0.2, -0.15) is 0 Å². The lowest BCUT2D eigenvalue weighted by atomic mass is 10.0. The molecule has 0 saturated carbocycles. The molecule has 0 atom stereocenters. The van der Waals surface area contributed by atoms with E-state index in [2.05, 4.69) is 0 Å². The van der Waals surface area contributed by atoms with Crippen LogP contribution < -0.4 is 0 Å². The Labute approximate surface area is 142 Å². The number of hydrogen-bond donors (Lipinski definition) is 2. The van der Waals surface area contributed by atoms with E-state index in [0.717, 1.165) is 33.4 Å². The highest BCUT2D eigenvalue weighted by Crippen LogP contribution is 2.16. The predicted octanol–water partition coefficient (Wildman–Crippen LogP) is 4.62. The SMILES string of the molecule is Cc1cc(C)c(C(=O)O)c(C)c1.Cc1cc(C)c(C(=O)O)c(C)c1. The van der Waals surface area contributed by atoms with Crippen LogP contribution in [0.5, 0.6) is 0 Å². The molecule has 0 amide bonds. The Balaban J connectivity index is 0.000000240. The molecule has 0 aliphatic heterocycles. The van der Waals surface area contributed by atoms with Crippen LogP contribution in [0.2, 0.25) is 0 Å². The van der Waals surface area contributed by atoms with Gasteiger partial charge in [0, 0.05) is 0 Å². The predicted molar refractivity (Wildman–Crippen MR) is 95.2 cm³/mol. The van der Waals surface area contributed by atoms with Crippen LogP contribution in [0.25, 0.3) is 0 Å². The van der Waals surface area contributed by atoms with Crippen molar-refractivity contribution >= 4 is 11.9 Å². The van der Waals surface area contributed by atoms with E-state index in [0.29, 0.717) is 11.1 Å². The van der Waals surface area contributed by atoms with Gasteiger partial charge in [0.05, 0.1) is 11.1 Å². The average molecular weight is 328 g/mol. The first-order valence-corrected chi connectivity index (χ1v) is 7.66. The summed E-state index contributed by atoms with van der Waals surface area (Å²) in [7, 11) is 0. The first kappa shape index (κ1) is 19.4. The Bertz CT molecular complexity index is 675. The summed E-state index contributed by atoms with van der Waals surface area (Å²) in [4.78, 5) is 21.5. The Morgan fingerprint density at radius 3 is 0.958 bits per heavy atom. The Kier molecular flexibility index (Phi) is 6.29. The van der Waals surface area contributed by atoms with Gasteiger partial charge in [-0.25, -0.2) is 9.59 Å². The number of aryl methyl sites for hydroxylation is 6. The molecule has 4 heteroatoms. The van der Waals surface area contributed by atoms with E-state index in [4.69, 9.17) is 10.2 Å². The van der Waals surface area contributed by atoms with Crippen molar-refractivity contribution in [3.05, 3.63) is 68.8 Å². The molecule has 2 rings (SSSR count). The topological polar surface area (TPSA) is 74.6 Å². The summed E-state index contributed by atoms with van der Waals surface area (Å²) < 4.78 is 0. The van der Waals surface area contributed by atoms with Crippen LogP contribution in [0.1, 0.15) is 54.1 Å². The number of rotatable bonds is 2. The molecule has 0 aliphatic rings. The van der Waals surface area contributed by atoms with Gasteiger partial charge in [-0.3, -0.25) is 0 Å². The van der Waals surface area contributed by atoms with Crippen molar-refractivity contribution in [3.63, 3.8) is 0 Å². The number of aromatic carboxylic acids is 2. The smallest absolute Gasteiger partial charge is 0.336 e. The van der Waals surface area contributed by atoms with Crippen LogP contribution >= 0.6 is 0 Å². The second-order valence-corrected chi connectivity index (χ2v) is 6.16. The van der Waals surface area contributed by atoms with E-state index in [9.17, 15) is 9.59 Å². The molecular formula is C20H24O4. The minimum absolute atomic E-state index is 0.431. The number of benzene rings is 2. The van der Waals surface area contributed by atoms with E-state index < -0.39 is 11.9 Å². The molecule has 0 unspecified atom stereocenters. The van der Waals surface area contributed by atoms with Crippen molar-refractivity contribution < 1.29 is 19.8 Å². The molecule has 0 radical (unpaired) electrons. The van der Waals surface area contributed by atoms with E-state index in [-0.39, 0.29) is 0 Å². The maximum atomic E-state index is 10.8. The fourth-order valence-electron chi connectivity index (χ4n) is 3.03. The molecule has 2 aromatic carbocycles. The summed E-state index contributed by atoms with van der Waals surface area (Å²) in [6.45, 7) is 11.2. The zero-order valence-electron chi connectivity index (χ0n) is 15.0. The quantitative estimate of drug-likeness (QED) is 0.843. The Morgan fingerprint density at radius 1 is 0.583 bits per heavy atom. The highest BCUT2D eigenvalue weighted by Gasteiger charge is 2.10. The number of hydrogen-bond acceptors (Lipinski definition) is 2. The minimum Gasteiger partial charge on any atom is -0.478 e. The standard InChI is InChI=1S/2C10H12O2/c2*1-6-4-7(2)9(10(11)12)8(3)5-6/h2*4-5H,1-3H3,(H,11,12).